The molecular formula is C16H11N7O. The van der Waals surface area contributed by atoms with Gasteiger partial charge in [0.2, 0.25) is 5.95 Å². The summed E-state index contributed by atoms with van der Waals surface area (Å²) in [6.45, 7) is 1.79. The van der Waals surface area contributed by atoms with Gasteiger partial charge in [-0.3, -0.25) is 9.36 Å². The van der Waals surface area contributed by atoms with Crippen LogP contribution < -0.4 is 5.56 Å². The van der Waals surface area contributed by atoms with E-state index in [4.69, 9.17) is 0 Å². The molecule has 0 fully saturated rings. The molecule has 5 rings (SSSR count). The van der Waals surface area contributed by atoms with Crippen molar-refractivity contribution in [3.63, 3.8) is 0 Å². The van der Waals surface area contributed by atoms with Gasteiger partial charge in [0, 0.05) is 6.20 Å². The summed E-state index contributed by atoms with van der Waals surface area (Å²) in [5, 5.41) is 4.63. The van der Waals surface area contributed by atoms with Crippen LogP contribution in [0.1, 0.15) is 5.69 Å². The highest BCUT2D eigenvalue weighted by Crippen LogP contribution is 2.16. The highest BCUT2D eigenvalue weighted by molar-refractivity contribution is 5.82. The SMILES string of the molecule is Cc1nc2ncnn2c2ccn(-c3nc4ccccc4[nH]3)c(=O)c12. The Kier molecular flexibility index (Phi) is 2.41. The number of aryl methyl sites for hydroxylation is 1. The maximum Gasteiger partial charge on any atom is 0.268 e. The molecule has 4 heterocycles. The smallest absolute Gasteiger partial charge is 0.268 e. The molecule has 1 N–H and O–H groups in total. The normalized spacial score (nSPS) is 11.7. The zero-order valence-corrected chi connectivity index (χ0v) is 12.6. The average molecular weight is 317 g/mol. The van der Waals surface area contributed by atoms with Gasteiger partial charge in [0.1, 0.15) is 6.33 Å². The van der Waals surface area contributed by atoms with Crippen molar-refractivity contribution in [1.82, 2.24) is 34.1 Å². The molecule has 0 saturated heterocycles. The number of aromatic nitrogens is 7. The zero-order valence-electron chi connectivity index (χ0n) is 12.6. The third-order valence-electron chi connectivity index (χ3n) is 4.06. The van der Waals surface area contributed by atoms with E-state index in [1.807, 2.05) is 30.3 Å². The number of nitrogens with one attached hydrogen (secondary N) is 1. The second-order valence-corrected chi connectivity index (χ2v) is 5.50. The van der Waals surface area contributed by atoms with Crippen LogP contribution in [-0.4, -0.2) is 34.1 Å². The molecule has 0 aliphatic rings. The highest BCUT2D eigenvalue weighted by Gasteiger charge is 2.14. The van der Waals surface area contributed by atoms with Gasteiger partial charge in [-0.1, -0.05) is 12.1 Å². The Morgan fingerprint density at radius 2 is 2.00 bits per heavy atom. The molecule has 1 aromatic carbocycles. The molecule has 0 aliphatic carbocycles. The van der Waals surface area contributed by atoms with Crippen molar-refractivity contribution in [2.24, 2.45) is 0 Å². The summed E-state index contributed by atoms with van der Waals surface area (Å²) < 4.78 is 3.05. The first-order valence-electron chi connectivity index (χ1n) is 7.39. The lowest BCUT2D eigenvalue weighted by Gasteiger charge is -2.06. The molecule has 8 heteroatoms. The molecule has 0 atom stereocenters. The molecule has 0 unspecified atom stereocenters. The van der Waals surface area contributed by atoms with Gasteiger partial charge in [-0.15, -0.1) is 0 Å². The summed E-state index contributed by atoms with van der Waals surface area (Å²) in [4.78, 5) is 29.1. The number of pyridine rings is 1. The van der Waals surface area contributed by atoms with Gasteiger partial charge in [0.25, 0.3) is 11.3 Å². The number of H-pyrrole nitrogens is 1. The van der Waals surface area contributed by atoms with Crippen LogP contribution in [0.5, 0.6) is 0 Å². The summed E-state index contributed by atoms with van der Waals surface area (Å²) >= 11 is 0. The van der Waals surface area contributed by atoms with E-state index in [9.17, 15) is 4.79 Å². The number of aromatic amines is 1. The van der Waals surface area contributed by atoms with Crippen LogP contribution >= 0.6 is 0 Å². The topological polar surface area (TPSA) is 93.8 Å². The predicted octanol–water partition coefficient (Wildman–Crippen LogP) is 1.61. The van der Waals surface area contributed by atoms with Gasteiger partial charge in [-0.2, -0.15) is 14.6 Å². The van der Waals surface area contributed by atoms with Crippen molar-refractivity contribution in [1.29, 1.82) is 0 Å². The van der Waals surface area contributed by atoms with Crippen LogP contribution in [0.4, 0.5) is 0 Å². The summed E-state index contributed by atoms with van der Waals surface area (Å²) in [5.41, 5.74) is 2.77. The first kappa shape index (κ1) is 12.9. The van der Waals surface area contributed by atoms with Crippen LogP contribution in [0.25, 0.3) is 33.7 Å². The van der Waals surface area contributed by atoms with Crippen molar-refractivity contribution >= 4 is 27.7 Å². The summed E-state index contributed by atoms with van der Waals surface area (Å²) in [7, 11) is 0. The van der Waals surface area contributed by atoms with Gasteiger partial charge in [0.05, 0.1) is 27.6 Å². The van der Waals surface area contributed by atoms with Crippen molar-refractivity contribution in [3.8, 4) is 5.95 Å². The Labute approximate surface area is 134 Å². The van der Waals surface area contributed by atoms with Crippen LogP contribution in [0.2, 0.25) is 0 Å². The number of para-hydroxylation sites is 2. The lowest BCUT2D eigenvalue weighted by Crippen LogP contribution is -2.21. The summed E-state index contributed by atoms with van der Waals surface area (Å²) in [5.74, 6) is 0.946. The molecule has 0 aliphatic heterocycles. The minimum atomic E-state index is -0.200. The highest BCUT2D eigenvalue weighted by atomic mass is 16.1. The van der Waals surface area contributed by atoms with Crippen molar-refractivity contribution in [3.05, 3.63) is 58.9 Å². The van der Waals surface area contributed by atoms with Crippen LogP contribution in [-0.2, 0) is 0 Å². The second-order valence-electron chi connectivity index (χ2n) is 5.50. The first-order valence-corrected chi connectivity index (χ1v) is 7.39. The number of rotatable bonds is 1. The average Bonchev–Trinajstić information content (AvgIpc) is 3.20. The fraction of sp³-hybridized carbons (Fsp3) is 0.0625. The van der Waals surface area contributed by atoms with E-state index >= 15 is 0 Å². The Morgan fingerprint density at radius 1 is 1.12 bits per heavy atom. The molecule has 0 spiro atoms. The van der Waals surface area contributed by atoms with Crippen molar-refractivity contribution in [2.75, 3.05) is 0 Å². The van der Waals surface area contributed by atoms with E-state index < -0.39 is 0 Å². The number of hydrogen-bond acceptors (Lipinski definition) is 5. The van der Waals surface area contributed by atoms with Gasteiger partial charge < -0.3 is 4.98 Å². The molecule has 24 heavy (non-hydrogen) atoms. The predicted molar refractivity (Wildman–Crippen MR) is 88.3 cm³/mol. The lowest BCUT2D eigenvalue weighted by atomic mass is 10.2. The van der Waals surface area contributed by atoms with Crippen LogP contribution in [0.3, 0.4) is 0 Å². The molecule has 0 radical (unpaired) electrons. The van der Waals surface area contributed by atoms with Gasteiger partial charge in [-0.25, -0.2) is 9.97 Å². The molecule has 4 aromatic heterocycles. The first-order chi connectivity index (χ1) is 11.7. The lowest BCUT2D eigenvalue weighted by molar-refractivity contribution is 0.912. The minimum Gasteiger partial charge on any atom is -0.323 e. The monoisotopic (exact) mass is 317 g/mol. The molecule has 116 valence electrons. The third-order valence-corrected chi connectivity index (χ3v) is 4.06. The Morgan fingerprint density at radius 3 is 2.88 bits per heavy atom. The van der Waals surface area contributed by atoms with E-state index in [0.29, 0.717) is 28.3 Å². The number of hydrogen-bond donors (Lipinski definition) is 1. The third kappa shape index (κ3) is 1.64. The van der Waals surface area contributed by atoms with E-state index in [1.54, 1.807) is 17.6 Å². The van der Waals surface area contributed by atoms with E-state index in [0.717, 1.165) is 11.0 Å². The Balaban J connectivity index is 1.87. The molecular weight excluding hydrogens is 306 g/mol. The Bertz CT molecular complexity index is 1260. The van der Waals surface area contributed by atoms with Gasteiger partial charge in [-0.05, 0) is 25.1 Å². The van der Waals surface area contributed by atoms with Gasteiger partial charge in [0.15, 0.2) is 0 Å². The number of fused-ring (bicyclic) bond motifs is 4. The quantitative estimate of drug-likeness (QED) is 0.507. The molecule has 0 bridgehead atoms. The zero-order chi connectivity index (χ0) is 16.3. The second kappa shape index (κ2) is 4.48. The molecule has 8 nitrogen and oxygen atoms in total. The summed E-state index contributed by atoms with van der Waals surface area (Å²) in [6.07, 6.45) is 3.11. The fourth-order valence-corrected chi connectivity index (χ4v) is 2.95. The molecule has 0 amide bonds. The minimum absolute atomic E-state index is 0.200. The van der Waals surface area contributed by atoms with E-state index in [1.165, 1.54) is 10.9 Å². The Hall–Kier alpha value is -3.55. The van der Waals surface area contributed by atoms with Crippen molar-refractivity contribution < 1.29 is 0 Å². The van der Waals surface area contributed by atoms with E-state index in [2.05, 4.69) is 25.0 Å². The maximum absolute atomic E-state index is 13.0. The standard InChI is InChI=1S/C16H11N7O/c1-9-13-12(23-15(19-9)17-8-18-23)6-7-22(14(13)24)16-20-10-4-2-3-5-11(10)21-16/h2-8H,1H3,(H,20,21). The van der Waals surface area contributed by atoms with Gasteiger partial charge >= 0.3 is 0 Å². The van der Waals surface area contributed by atoms with Crippen LogP contribution in [0, 0.1) is 6.92 Å². The van der Waals surface area contributed by atoms with Crippen LogP contribution in [0.15, 0.2) is 47.7 Å². The van der Waals surface area contributed by atoms with Crippen molar-refractivity contribution in [2.45, 2.75) is 6.92 Å². The maximum atomic E-state index is 13.0. The number of imidazole rings is 1. The number of benzene rings is 1. The summed E-state index contributed by atoms with van der Waals surface area (Å²) in [6, 6.07) is 9.46. The number of nitrogens with zero attached hydrogens (tertiary/aromatic N) is 6. The largest absolute Gasteiger partial charge is 0.323 e. The molecule has 0 saturated carbocycles. The van der Waals surface area contributed by atoms with E-state index in [-0.39, 0.29) is 5.56 Å². The molecule has 5 aromatic rings. The fourth-order valence-electron chi connectivity index (χ4n) is 2.95.